The van der Waals surface area contributed by atoms with E-state index >= 15 is 0 Å². The Balaban J connectivity index is 1.59. The number of rotatable bonds is 12. The van der Waals surface area contributed by atoms with Crippen LogP contribution in [0.5, 0.6) is 34.5 Å². The van der Waals surface area contributed by atoms with Gasteiger partial charge in [0.1, 0.15) is 0 Å². The summed E-state index contributed by atoms with van der Waals surface area (Å²) < 4.78 is 39.1. The highest BCUT2D eigenvalue weighted by molar-refractivity contribution is 5.56. The second-order valence-corrected chi connectivity index (χ2v) is 9.94. The largest absolute Gasteiger partial charge is 0.493 e. The topological polar surface area (TPSA) is 84.8 Å². The van der Waals surface area contributed by atoms with Crippen molar-refractivity contribution in [2.24, 2.45) is 11.8 Å². The van der Waals surface area contributed by atoms with E-state index in [-0.39, 0.29) is 17.9 Å². The van der Waals surface area contributed by atoms with Crippen LogP contribution in [0.2, 0.25) is 0 Å². The fourth-order valence-electron chi connectivity index (χ4n) is 5.43. The maximum Gasteiger partial charge on any atom is 0.161 e. The van der Waals surface area contributed by atoms with E-state index in [0.717, 1.165) is 29.5 Å². The van der Waals surface area contributed by atoms with Gasteiger partial charge in [0.2, 0.25) is 0 Å². The molecule has 0 radical (unpaired) electrons. The predicted octanol–water partition coefficient (Wildman–Crippen LogP) is 6.27. The molecule has 0 unspecified atom stereocenters. The summed E-state index contributed by atoms with van der Waals surface area (Å²) in [6, 6.07) is 17.2. The van der Waals surface area contributed by atoms with Crippen molar-refractivity contribution < 1.29 is 38.3 Å². The summed E-state index contributed by atoms with van der Waals surface area (Å²) >= 11 is 0. The predicted molar refractivity (Wildman–Crippen MR) is 158 cm³/mol. The maximum atomic E-state index is 11.4. The zero-order valence-corrected chi connectivity index (χ0v) is 24.6. The summed E-state index contributed by atoms with van der Waals surface area (Å²) in [5.41, 5.74) is 2.77. The van der Waals surface area contributed by atoms with E-state index in [9.17, 15) is 5.11 Å². The van der Waals surface area contributed by atoms with Crippen LogP contribution in [0, 0.1) is 11.8 Å². The zero-order chi connectivity index (χ0) is 29.4. The monoisotopic (exact) mass is 564 g/mol. The lowest BCUT2D eigenvalue weighted by Crippen LogP contribution is -2.32. The molecule has 0 amide bonds. The molecule has 220 valence electrons. The summed E-state index contributed by atoms with van der Waals surface area (Å²) in [7, 11) is 9.68. The molecule has 1 saturated heterocycles. The van der Waals surface area contributed by atoms with Gasteiger partial charge < -0.3 is 38.3 Å². The summed E-state index contributed by atoms with van der Waals surface area (Å²) in [6.07, 6.45) is 4.81. The van der Waals surface area contributed by atoms with Crippen molar-refractivity contribution >= 4 is 6.08 Å². The quantitative estimate of drug-likeness (QED) is 0.276. The average Bonchev–Trinajstić information content (AvgIpc) is 3.03. The van der Waals surface area contributed by atoms with Crippen LogP contribution in [-0.2, 0) is 4.74 Å². The summed E-state index contributed by atoms with van der Waals surface area (Å²) in [5.74, 6) is 3.87. The van der Waals surface area contributed by atoms with Gasteiger partial charge in [-0.2, -0.15) is 0 Å². The number of hydrogen-bond acceptors (Lipinski definition) is 8. The molecule has 8 nitrogen and oxygen atoms in total. The second-order valence-electron chi connectivity index (χ2n) is 9.94. The third-order valence-electron chi connectivity index (χ3n) is 7.61. The molecular formula is C33H40O8. The highest BCUT2D eigenvalue weighted by Crippen LogP contribution is 2.44. The minimum Gasteiger partial charge on any atom is -0.493 e. The van der Waals surface area contributed by atoms with Gasteiger partial charge >= 0.3 is 0 Å². The fraction of sp³-hybridized carbons (Fsp3) is 0.394. The first-order chi connectivity index (χ1) is 20.0. The Labute approximate surface area is 242 Å². The minimum atomic E-state index is -0.724. The van der Waals surface area contributed by atoms with Crippen LogP contribution in [0.4, 0.5) is 0 Å². The van der Waals surface area contributed by atoms with E-state index in [1.165, 1.54) is 0 Å². The molecule has 4 rings (SSSR count). The normalized spacial score (nSPS) is 19.4. The van der Waals surface area contributed by atoms with Crippen molar-refractivity contribution in [3.05, 3.63) is 77.4 Å². The van der Waals surface area contributed by atoms with Gasteiger partial charge in [-0.3, -0.25) is 0 Å². The number of benzene rings is 3. The molecule has 1 fully saturated rings. The van der Waals surface area contributed by atoms with Crippen molar-refractivity contribution in [2.45, 2.75) is 25.0 Å². The number of hydrogen-bond donors (Lipinski definition) is 1. The van der Waals surface area contributed by atoms with Crippen LogP contribution in [0.1, 0.15) is 41.7 Å². The molecule has 3 aromatic carbocycles. The van der Waals surface area contributed by atoms with Crippen molar-refractivity contribution in [1.82, 2.24) is 0 Å². The lowest BCUT2D eigenvalue weighted by atomic mass is 9.79. The SMILES string of the molecule is COc1ccc(/C=C/C[C@@H]2C[C@@H]([C@@H](O)c3ccc(OC)c(OC)c3)CO[C@@H]2c2ccc(OC)c(OC)c2)cc1OC. The molecule has 3 aromatic rings. The third-order valence-corrected chi connectivity index (χ3v) is 7.61. The lowest BCUT2D eigenvalue weighted by Gasteiger charge is -2.38. The summed E-state index contributed by atoms with van der Waals surface area (Å²) in [6.45, 7) is 0.407. The summed E-state index contributed by atoms with van der Waals surface area (Å²) in [5, 5.41) is 11.4. The number of methoxy groups -OCH3 is 6. The molecule has 0 saturated carbocycles. The Morgan fingerprint density at radius 1 is 0.732 bits per heavy atom. The average molecular weight is 565 g/mol. The van der Waals surface area contributed by atoms with Gasteiger partial charge in [-0.05, 0) is 71.8 Å². The first kappa shape index (κ1) is 30.1. The van der Waals surface area contributed by atoms with E-state index in [0.29, 0.717) is 41.1 Å². The smallest absolute Gasteiger partial charge is 0.161 e. The maximum absolute atomic E-state index is 11.4. The Morgan fingerprint density at radius 2 is 1.29 bits per heavy atom. The molecule has 8 heteroatoms. The Bertz CT molecular complexity index is 1320. The molecule has 0 spiro atoms. The van der Waals surface area contributed by atoms with Gasteiger partial charge in [-0.15, -0.1) is 0 Å². The lowest BCUT2D eigenvalue weighted by molar-refractivity contribution is -0.0901. The molecule has 1 heterocycles. The van der Waals surface area contributed by atoms with Crippen LogP contribution < -0.4 is 28.4 Å². The van der Waals surface area contributed by atoms with Crippen LogP contribution >= 0.6 is 0 Å². The highest BCUT2D eigenvalue weighted by atomic mass is 16.5. The van der Waals surface area contributed by atoms with Gasteiger partial charge in [-0.1, -0.05) is 30.4 Å². The summed E-state index contributed by atoms with van der Waals surface area (Å²) in [4.78, 5) is 0. The Hall–Kier alpha value is -3.88. The number of ether oxygens (including phenoxy) is 7. The number of allylic oxidation sites excluding steroid dienone is 1. The van der Waals surface area contributed by atoms with E-state index < -0.39 is 6.10 Å². The molecule has 41 heavy (non-hydrogen) atoms. The van der Waals surface area contributed by atoms with E-state index in [4.69, 9.17) is 33.2 Å². The molecule has 0 aliphatic carbocycles. The first-order valence-corrected chi connectivity index (χ1v) is 13.6. The molecule has 4 atom stereocenters. The van der Waals surface area contributed by atoms with Crippen molar-refractivity contribution in [2.75, 3.05) is 49.3 Å². The highest BCUT2D eigenvalue weighted by Gasteiger charge is 2.36. The fourth-order valence-corrected chi connectivity index (χ4v) is 5.43. The van der Waals surface area contributed by atoms with Gasteiger partial charge in [0.15, 0.2) is 34.5 Å². The van der Waals surface area contributed by atoms with Gasteiger partial charge in [0.05, 0.1) is 61.5 Å². The van der Waals surface area contributed by atoms with Crippen LogP contribution in [-0.4, -0.2) is 54.4 Å². The van der Waals surface area contributed by atoms with Crippen molar-refractivity contribution in [3.8, 4) is 34.5 Å². The van der Waals surface area contributed by atoms with Gasteiger partial charge in [-0.25, -0.2) is 0 Å². The number of aliphatic hydroxyl groups excluding tert-OH is 1. The van der Waals surface area contributed by atoms with Gasteiger partial charge in [0, 0.05) is 5.92 Å². The van der Waals surface area contributed by atoms with Crippen LogP contribution in [0.15, 0.2) is 60.7 Å². The Morgan fingerprint density at radius 3 is 1.93 bits per heavy atom. The molecule has 0 bridgehead atoms. The first-order valence-electron chi connectivity index (χ1n) is 13.6. The third kappa shape index (κ3) is 6.89. The Kier molecular flexibility index (Phi) is 10.4. The van der Waals surface area contributed by atoms with E-state index in [2.05, 4.69) is 12.2 Å². The van der Waals surface area contributed by atoms with E-state index in [1.807, 2.05) is 54.6 Å². The minimum absolute atomic E-state index is 0.0954. The van der Waals surface area contributed by atoms with E-state index in [1.54, 1.807) is 42.7 Å². The second kappa shape index (κ2) is 14.1. The van der Waals surface area contributed by atoms with Crippen molar-refractivity contribution in [1.29, 1.82) is 0 Å². The number of aliphatic hydroxyl groups is 1. The molecule has 1 aliphatic heterocycles. The molecule has 1 N–H and O–H groups in total. The van der Waals surface area contributed by atoms with Crippen LogP contribution in [0.3, 0.4) is 0 Å². The standard InChI is InChI=1S/C33H40O8/c1-35-26-13-10-21(16-29(26)38-4)8-7-9-23-17-25(32(34)22-11-14-27(36-2)30(18-22)39-5)20-41-33(23)24-12-15-28(37-3)31(19-24)40-6/h7-8,10-16,18-19,23,25,32-34H,9,17,20H2,1-6H3/b8-7+/t23-,25-,32+,33+/m1/s1. The van der Waals surface area contributed by atoms with Gasteiger partial charge in [0.25, 0.3) is 0 Å². The zero-order valence-electron chi connectivity index (χ0n) is 24.6. The molecular weight excluding hydrogens is 524 g/mol. The molecule has 1 aliphatic rings. The van der Waals surface area contributed by atoms with Crippen LogP contribution in [0.25, 0.3) is 6.08 Å². The molecule has 0 aromatic heterocycles. The van der Waals surface area contributed by atoms with Crippen molar-refractivity contribution in [3.63, 3.8) is 0 Å².